The summed E-state index contributed by atoms with van der Waals surface area (Å²) in [5.41, 5.74) is 5.87. The molecule has 3 N–H and O–H groups in total. The SMILES string of the molecule is NC(=O)c1ccccc1NC(=O)COc1ccc(Br)cc1. The van der Waals surface area contributed by atoms with Crippen molar-refractivity contribution in [1.29, 1.82) is 0 Å². The lowest BCUT2D eigenvalue weighted by molar-refractivity contribution is -0.118. The molecule has 6 heteroatoms. The van der Waals surface area contributed by atoms with Crippen LogP contribution in [0.1, 0.15) is 10.4 Å². The van der Waals surface area contributed by atoms with Gasteiger partial charge in [-0.15, -0.1) is 0 Å². The Kier molecular flexibility index (Phi) is 4.94. The van der Waals surface area contributed by atoms with Gasteiger partial charge >= 0.3 is 0 Å². The zero-order valence-electron chi connectivity index (χ0n) is 11.0. The van der Waals surface area contributed by atoms with Crippen molar-refractivity contribution in [1.82, 2.24) is 0 Å². The Labute approximate surface area is 130 Å². The van der Waals surface area contributed by atoms with Crippen LogP contribution in [0.5, 0.6) is 5.75 Å². The molecule has 0 fully saturated rings. The topological polar surface area (TPSA) is 81.4 Å². The van der Waals surface area contributed by atoms with E-state index in [1.165, 1.54) is 0 Å². The summed E-state index contributed by atoms with van der Waals surface area (Å²) in [6.07, 6.45) is 0. The van der Waals surface area contributed by atoms with E-state index in [0.717, 1.165) is 4.47 Å². The average molecular weight is 349 g/mol. The first-order valence-corrected chi connectivity index (χ1v) is 6.92. The number of para-hydroxylation sites is 1. The first kappa shape index (κ1) is 15.1. The Hall–Kier alpha value is -2.34. The second-order valence-electron chi connectivity index (χ2n) is 4.20. The van der Waals surface area contributed by atoms with E-state index in [2.05, 4.69) is 21.2 Å². The van der Waals surface area contributed by atoms with E-state index in [1.807, 2.05) is 12.1 Å². The van der Waals surface area contributed by atoms with Crippen LogP contribution >= 0.6 is 15.9 Å². The molecule has 0 aliphatic carbocycles. The van der Waals surface area contributed by atoms with Gasteiger partial charge in [-0.2, -0.15) is 0 Å². The minimum Gasteiger partial charge on any atom is -0.484 e. The van der Waals surface area contributed by atoms with Crippen molar-refractivity contribution in [3.8, 4) is 5.75 Å². The molecule has 0 saturated carbocycles. The fourth-order valence-electron chi connectivity index (χ4n) is 1.67. The maximum absolute atomic E-state index is 11.8. The first-order chi connectivity index (χ1) is 10.1. The molecular formula is C15H13BrN2O3. The second kappa shape index (κ2) is 6.90. The van der Waals surface area contributed by atoms with E-state index in [9.17, 15) is 9.59 Å². The highest BCUT2D eigenvalue weighted by atomic mass is 79.9. The van der Waals surface area contributed by atoms with Crippen LogP contribution in [0.15, 0.2) is 53.0 Å². The number of carbonyl (C=O) groups is 2. The Morgan fingerprint density at radius 2 is 1.76 bits per heavy atom. The molecule has 0 radical (unpaired) electrons. The Balaban J connectivity index is 1.96. The molecule has 2 aromatic carbocycles. The molecule has 5 nitrogen and oxygen atoms in total. The molecule has 2 aromatic rings. The maximum atomic E-state index is 11.8. The molecule has 21 heavy (non-hydrogen) atoms. The lowest BCUT2D eigenvalue weighted by Gasteiger charge is -2.10. The van der Waals surface area contributed by atoms with Gasteiger partial charge in [-0.3, -0.25) is 9.59 Å². The van der Waals surface area contributed by atoms with E-state index in [1.54, 1.807) is 36.4 Å². The predicted octanol–water partition coefficient (Wildman–Crippen LogP) is 2.57. The number of hydrogen-bond donors (Lipinski definition) is 2. The van der Waals surface area contributed by atoms with Crippen LogP contribution in [0.3, 0.4) is 0 Å². The van der Waals surface area contributed by atoms with Crippen molar-refractivity contribution in [2.24, 2.45) is 5.73 Å². The largest absolute Gasteiger partial charge is 0.484 e. The van der Waals surface area contributed by atoms with Crippen molar-refractivity contribution < 1.29 is 14.3 Å². The van der Waals surface area contributed by atoms with Gasteiger partial charge in [-0.05, 0) is 36.4 Å². The molecule has 108 valence electrons. The van der Waals surface area contributed by atoms with Crippen molar-refractivity contribution in [2.75, 3.05) is 11.9 Å². The van der Waals surface area contributed by atoms with Gasteiger partial charge in [0, 0.05) is 4.47 Å². The normalized spacial score (nSPS) is 9.95. The molecule has 2 rings (SSSR count). The predicted molar refractivity (Wildman–Crippen MR) is 83.2 cm³/mol. The van der Waals surface area contributed by atoms with Gasteiger partial charge in [0.1, 0.15) is 5.75 Å². The number of anilines is 1. The number of benzene rings is 2. The van der Waals surface area contributed by atoms with Gasteiger partial charge in [0.05, 0.1) is 11.3 Å². The molecular weight excluding hydrogens is 336 g/mol. The molecule has 0 unspecified atom stereocenters. The van der Waals surface area contributed by atoms with E-state index in [4.69, 9.17) is 10.5 Å². The summed E-state index contributed by atoms with van der Waals surface area (Å²) >= 11 is 3.31. The number of rotatable bonds is 5. The van der Waals surface area contributed by atoms with Crippen molar-refractivity contribution in [3.63, 3.8) is 0 Å². The lowest BCUT2D eigenvalue weighted by Crippen LogP contribution is -2.22. The number of nitrogens with one attached hydrogen (secondary N) is 1. The molecule has 2 amide bonds. The summed E-state index contributed by atoms with van der Waals surface area (Å²) in [5.74, 6) is -0.386. The third-order valence-corrected chi connectivity index (χ3v) is 3.18. The van der Waals surface area contributed by atoms with Crippen LogP contribution in [0.25, 0.3) is 0 Å². The summed E-state index contributed by atoms with van der Waals surface area (Å²) < 4.78 is 6.27. The molecule has 0 spiro atoms. The van der Waals surface area contributed by atoms with E-state index >= 15 is 0 Å². The summed E-state index contributed by atoms with van der Waals surface area (Å²) in [6.45, 7) is -0.158. The zero-order chi connectivity index (χ0) is 15.2. The summed E-state index contributed by atoms with van der Waals surface area (Å²) in [7, 11) is 0. The lowest BCUT2D eigenvalue weighted by atomic mass is 10.1. The van der Waals surface area contributed by atoms with Crippen LogP contribution in [0.2, 0.25) is 0 Å². The van der Waals surface area contributed by atoms with Crippen LogP contribution in [-0.4, -0.2) is 18.4 Å². The Bertz CT molecular complexity index is 656. The smallest absolute Gasteiger partial charge is 0.262 e. The molecule has 0 atom stereocenters. The molecule has 0 saturated heterocycles. The van der Waals surface area contributed by atoms with Crippen LogP contribution in [0, 0.1) is 0 Å². The monoisotopic (exact) mass is 348 g/mol. The zero-order valence-corrected chi connectivity index (χ0v) is 12.6. The summed E-state index contributed by atoms with van der Waals surface area (Å²) in [6, 6.07) is 13.7. The van der Waals surface area contributed by atoms with E-state index in [0.29, 0.717) is 11.4 Å². The van der Waals surface area contributed by atoms with Crippen molar-refractivity contribution in [3.05, 3.63) is 58.6 Å². The Morgan fingerprint density at radius 3 is 2.43 bits per heavy atom. The van der Waals surface area contributed by atoms with Gasteiger partial charge in [0.15, 0.2) is 6.61 Å². The fraction of sp³-hybridized carbons (Fsp3) is 0.0667. The minimum atomic E-state index is -0.597. The molecule has 0 aliphatic rings. The molecule has 0 heterocycles. The highest BCUT2D eigenvalue weighted by molar-refractivity contribution is 9.10. The average Bonchev–Trinajstić information content (AvgIpc) is 2.47. The quantitative estimate of drug-likeness (QED) is 0.871. The van der Waals surface area contributed by atoms with E-state index in [-0.39, 0.29) is 18.1 Å². The highest BCUT2D eigenvalue weighted by Gasteiger charge is 2.10. The number of carbonyl (C=O) groups excluding carboxylic acids is 2. The minimum absolute atomic E-state index is 0.158. The number of halogens is 1. The van der Waals surface area contributed by atoms with Gasteiger partial charge in [-0.1, -0.05) is 28.1 Å². The van der Waals surface area contributed by atoms with Crippen LogP contribution in [0.4, 0.5) is 5.69 Å². The van der Waals surface area contributed by atoms with Gasteiger partial charge in [0.25, 0.3) is 11.8 Å². The standard InChI is InChI=1S/C15H13BrN2O3/c16-10-5-7-11(8-6-10)21-9-14(19)18-13-4-2-1-3-12(13)15(17)20/h1-8H,9H2,(H2,17,20)(H,18,19). The fourth-order valence-corrected chi connectivity index (χ4v) is 1.94. The Morgan fingerprint density at radius 1 is 1.10 bits per heavy atom. The highest BCUT2D eigenvalue weighted by Crippen LogP contribution is 2.17. The summed E-state index contributed by atoms with van der Waals surface area (Å²) in [5, 5.41) is 2.60. The van der Waals surface area contributed by atoms with Gasteiger partial charge in [0.2, 0.25) is 0 Å². The number of nitrogens with two attached hydrogens (primary N) is 1. The number of hydrogen-bond acceptors (Lipinski definition) is 3. The van der Waals surface area contributed by atoms with Crippen LogP contribution < -0.4 is 15.8 Å². The third-order valence-electron chi connectivity index (χ3n) is 2.65. The van der Waals surface area contributed by atoms with Crippen LogP contribution in [-0.2, 0) is 4.79 Å². The van der Waals surface area contributed by atoms with Gasteiger partial charge in [-0.25, -0.2) is 0 Å². The second-order valence-corrected chi connectivity index (χ2v) is 5.12. The number of amides is 2. The first-order valence-electron chi connectivity index (χ1n) is 6.13. The summed E-state index contributed by atoms with van der Waals surface area (Å²) in [4.78, 5) is 23.1. The van der Waals surface area contributed by atoms with Gasteiger partial charge < -0.3 is 15.8 Å². The molecule has 0 aromatic heterocycles. The number of ether oxygens (including phenoxy) is 1. The van der Waals surface area contributed by atoms with Crippen molar-refractivity contribution in [2.45, 2.75) is 0 Å². The molecule has 0 bridgehead atoms. The number of primary amides is 1. The van der Waals surface area contributed by atoms with E-state index < -0.39 is 5.91 Å². The third kappa shape index (κ3) is 4.32. The maximum Gasteiger partial charge on any atom is 0.262 e. The molecule has 0 aliphatic heterocycles. The van der Waals surface area contributed by atoms with Crippen molar-refractivity contribution >= 4 is 33.4 Å².